The average Bonchev–Trinajstić information content (AvgIpc) is 2.70. The van der Waals surface area contributed by atoms with Gasteiger partial charge in [0.2, 0.25) is 0 Å². The van der Waals surface area contributed by atoms with E-state index >= 15 is 0 Å². The molecule has 20 heavy (non-hydrogen) atoms. The molecule has 0 spiro atoms. The highest BCUT2D eigenvalue weighted by Gasteiger charge is 2.49. The van der Waals surface area contributed by atoms with Crippen LogP contribution >= 0.6 is 0 Å². The number of Topliss-reactive ketones (excluding diaryl/α,β-unsaturated/α-hetero) is 1. The molecule has 0 fully saturated rings. The van der Waals surface area contributed by atoms with Gasteiger partial charge in [0.05, 0.1) is 5.70 Å². The normalized spacial score (nSPS) is 26.1. The monoisotopic (exact) mass is 281 g/mol. The number of nitrogens with zero attached hydrogens (tertiary/aromatic N) is 1. The molecule has 0 saturated carbocycles. The number of hydrogen-bond donors (Lipinski definition) is 1. The number of ketones is 1. The van der Waals surface area contributed by atoms with E-state index in [1.54, 1.807) is 14.0 Å². The summed E-state index contributed by atoms with van der Waals surface area (Å²) in [6.07, 6.45) is 4.44. The third-order valence-corrected chi connectivity index (χ3v) is 4.35. The lowest BCUT2D eigenvalue weighted by atomic mass is 9.91. The van der Waals surface area contributed by atoms with Gasteiger partial charge in [-0.2, -0.15) is 0 Å². The summed E-state index contributed by atoms with van der Waals surface area (Å²) in [6.45, 7) is 3.01. The van der Waals surface area contributed by atoms with Crippen LogP contribution in [-0.2, 0) is 14.3 Å². The van der Waals surface area contributed by atoms with Gasteiger partial charge in [-0.1, -0.05) is 0 Å². The molecule has 5 nitrogen and oxygen atoms in total. The number of carbonyl (C=O) groups excluding carboxylic acids is 1. The van der Waals surface area contributed by atoms with Crippen LogP contribution in [0.15, 0.2) is 11.3 Å². The van der Waals surface area contributed by atoms with E-state index < -0.39 is 11.5 Å². The summed E-state index contributed by atoms with van der Waals surface area (Å²) >= 11 is 0. The van der Waals surface area contributed by atoms with Crippen LogP contribution in [0.2, 0.25) is 0 Å². The van der Waals surface area contributed by atoms with E-state index in [4.69, 9.17) is 4.74 Å². The zero-order chi connectivity index (χ0) is 14.8. The molecule has 0 unspecified atom stereocenters. The topological polar surface area (TPSA) is 66.8 Å². The van der Waals surface area contributed by atoms with E-state index in [2.05, 4.69) is 0 Å². The predicted octanol–water partition coefficient (Wildman–Crippen LogP) is 1.97. The van der Waals surface area contributed by atoms with Crippen molar-refractivity contribution in [2.24, 2.45) is 0 Å². The van der Waals surface area contributed by atoms with Crippen molar-refractivity contribution in [2.75, 3.05) is 20.3 Å². The maximum atomic E-state index is 12.2. The standard InChI is InChI=1S/C15H23NO4/c1-15(14(18)19)10-11-6-5-7-12(17)13(11)16(15)8-3-4-9-20-2/h3-10H2,1-2H3,(H,18,19)/t15-/m0/s1. The van der Waals surface area contributed by atoms with Crippen molar-refractivity contribution in [3.8, 4) is 0 Å². The average molecular weight is 281 g/mol. The second-order valence-corrected chi connectivity index (χ2v) is 5.84. The Labute approximate surface area is 119 Å². The summed E-state index contributed by atoms with van der Waals surface area (Å²) in [5.41, 5.74) is 0.772. The number of hydrogen-bond acceptors (Lipinski definition) is 4. The molecule has 1 heterocycles. The number of allylic oxidation sites excluding steroid dienone is 1. The second kappa shape index (κ2) is 5.95. The Hall–Kier alpha value is -1.36. The molecular formula is C15H23NO4. The second-order valence-electron chi connectivity index (χ2n) is 5.84. The number of aliphatic carboxylic acids is 1. The number of methoxy groups -OCH3 is 1. The molecule has 0 radical (unpaired) electrons. The van der Waals surface area contributed by atoms with Crippen LogP contribution in [0.5, 0.6) is 0 Å². The van der Waals surface area contributed by atoms with Gasteiger partial charge in [-0.05, 0) is 38.2 Å². The van der Waals surface area contributed by atoms with Gasteiger partial charge in [0.25, 0.3) is 0 Å². The van der Waals surface area contributed by atoms with E-state index in [0.29, 0.717) is 31.7 Å². The van der Waals surface area contributed by atoms with Crippen LogP contribution in [0.4, 0.5) is 0 Å². The molecule has 0 aromatic carbocycles. The fourth-order valence-electron chi connectivity index (χ4n) is 3.23. The first kappa shape index (κ1) is 15.0. The van der Waals surface area contributed by atoms with Crippen molar-refractivity contribution < 1.29 is 19.4 Å². The van der Waals surface area contributed by atoms with Crippen LogP contribution in [0.3, 0.4) is 0 Å². The molecule has 1 atom stereocenters. The minimum atomic E-state index is -0.961. The summed E-state index contributed by atoms with van der Waals surface area (Å²) in [4.78, 5) is 25.7. The van der Waals surface area contributed by atoms with Gasteiger partial charge in [0, 0.05) is 33.1 Å². The smallest absolute Gasteiger partial charge is 0.329 e. The van der Waals surface area contributed by atoms with Gasteiger partial charge in [0.15, 0.2) is 5.78 Å². The largest absolute Gasteiger partial charge is 0.479 e. The van der Waals surface area contributed by atoms with E-state index in [1.807, 2.05) is 4.90 Å². The SMILES string of the molecule is COCCCCN1C2=C(CCCC2=O)C[C@@]1(C)C(=O)O. The number of carbonyl (C=O) groups is 2. The van der Waals surface area contributed by atoms with Crippen molar-refractivity contribution >= 4 is 11.8 Å². The Balaban J connectivity index is 2.18. The van der Waals surface area contributed by atoms with Gasteiger partial charge in [-0.3, -0.25) is 4.79 Å². The Morgan fingerprint density at radius 1 is 1.40 bits per heavy atom. The van der Waals surface area contributed by atoms with Crippen molar-refractivity contribution in [1.82, 2.24) is 4.90 Å². The Kier molecular flexibility index (Phi) is 4.48. The summed E-state index contributed by atoms with van der Waals surface area (Å²) in [5.74, 6) is -0.727. The molecule has 1 N–H and O–H groups in total. The summed E-state index contributed by atoms with van der Waals surface area (Å²) < 4.78 is 5.02. The molecule has 1 aliphatic heterocycles. The number of rotatable bonds is 6. The van der Waals surface area contributed by atoms with E-state index in [0.717, 1.165) is 31.3 Å². The number of unbranched alkanes of at least 4 members (excludes halogenated alkanes) is 1. The number of ether oxygens (including phenoxy) is 1. The molecule has 0 saturated heterocycles. The van der Waals surface area contributed by atoms with E-state index in [-0.39, 0.29) is 5.78 Å². The van der Waals surface area contributed by atoms with Gasteiger partial charge in [-0.25, -0.2) is 4.79 Å². The third kappa shape index (κ3) is 2.59. The maximum absolute atomic E-state index is 12.2. The Bertz CT molecular complexity index is 443. The molecule has 0 aromatic heterocycles. The van der Waals surface area contributed by atoms with Gasteiger partial charge >= 0.3 is 5.97 Å². The molecular weight excluding hydrogens is 258 g/mol. The van der Waals surface area contributed by atoms with Crippen molar-refractivity contribution in [3.63, 3.8) is 0 Å². The Morgan fingerprint density at radius 2 is 2.15 bits per heavy atom. The lowest BCUT2D eigenvalue weighted by molar-refractivity contribution is -0.148. The quantitative estimate of drug-likeness (QED) is 0.754. The molecule has 2 aliphatic rings. The van der Waals surface area contributed by atoms with E-state index in [1.165, 1.54) is 0 Å². The molecule has 2 rings (SSSR count). The van der Waals surface area contributed by atoms with Crippen molar-refractivity contribution in [3.05, 3.63) is 11.3 Å². The molecule has 0 bridgehead atoms. The highest BCUT2D eigenvalue weighted by atomic mass is 16.5. The number of carboxylic acids is 1. The van der Waals surface area contributed by atoms with Crippen molar-refractivity contribution in [1.29, 1.82) is 0 Å². The first-order valence-electron chi connectivity index (χ1n) is 7.26. The Morgan fingerprint density at radius 3 is 2.80 bits per heavy atom. The van der Waals surface area contributed by atoms with Gasteiger partial charge in [-0.15, -0.1) is 0 Å². The zero-order valence-corrected chi connectivity index (χ0v) is 12.3. The van der Waals surface area contributed by atoms with Crippen LogP contribution in [0.1, 0.15) is 45.4 Å². The molecule has 0 aromatic rings. The molecule has 112 valence electrons. The van der Waals surface area contributed by atoms with Crippen LogP contribution in [0.25, 0.3) is 0 Å². The fourth-order valence-corrected chi connectivity index (χ4v) is 3.23. The maximum Gasteiger partial charge on any atom is 0.329 e. The third-order valence-electron chi connectivity index (χ3n) is 4.35. The van der Waals surface area contributed by atoms with Crippen molar-refractivity contribution in [2.45, 2.75) is 51.0 Å². The fraction of sp³-hybridized carbons (Fsp3) is 0.733. The lowest BCUT2D eigenvalue weighted by Gasteiger charge is -2.35. The lowest BCUT2D eigenvalue weighted by Crippen LogP contribution is -2.49. The highest BCUT2D eigenvalue weighted by molar-refractivity contribution is 5.99. The first-order valence-corrected chi connectivity index (χ1v) is 7.26. The summed E-state index contributed by atoms with van der Waals surface area (Å²) in [5, 5.41) is 9.57. The molecule has 5 heteroatoms. The van der Waals surface area contributed by atoms with Gasteiger partial charge in [0.1, 0.15) is 5.54 Å². The molecule has 1 aliphatic carbocycles. The highest BCUT2D eigenvalue weighted by Crippen LogP contribution is 2.42. The van der Waals surface area contributed by atoms with Crippen LogP contribution < -0.4 is 0 Å². The van der Waals surface area contributed by atoms with E-state index in [9.17, 15) is 14.7 Å². The number of carboxylic acid groups (broad SMARTS) is 1. The summed E-state index contributed by atoms with van der Waals surface area (Å²) in [6, 6.07) is 0. The molecule has 0 amide bonds. The summed E-state index contributed by atoms with van der Waals surface area (Å²) in [7, 11) is 1.66. The predicted molar refractivity (Wildman–Crippen MR) is 74.4 cm³/mol. The minimum Gasteiger partial charge on any atom is -0.479 e. The van der Waals surface area contributed by atoms with Gasteiger partial charge < -0.3 is 14.7 Å². The first-order chi connectivity index (χ1) is 9.50. The zero-order valence-electron chi connectivity index (χ0n) is 12.3. The van der Waals surface area contributed by atoms with Crippen LogP contribution in [0, 0.1) is 0 Å². The minimum absolute atomic E-state index is 0.114. The van der Waals surface area contributed by atoms with Crippen LogP contribution in [-0.4, -0.2) is 47.6 Å².